The Balaban J connectivity index is 0. The molecule has 0 aliphatic rings. The maximum atomic E-state index is 11.5. The minimum absolute atomic E-state index is 0. The van der Waals surface area contributed by atoms with Crippen LogP contribution in [0.15, 0.2) is 0 Å². The molecule has 29 heavy (non-hydrogen) atoms. The Kier molecular flexibility index (Phi) is 24.4. The number of unbranched alkanes of at least 4 members (excludes halogenated alkanes) is 12. The molecule has 4 nitrogen and oxygen atoms in total. The van der Waals surface area contributed by atoms with Crippen molar-refractivity contribution in [2.45, 2.75) is 147 Å². The van der Waals surface area contributed by atoms with Gasteiger partial charge in [-0.2, -0.15) is 0 Å². The van der Waals surface area contributed by atoms with Crippen molar-refractivity contribution in [1.82, 2.24) is 0 Å². The zero-order valence-electron chi connectivity index (χ0n) is 19.7. The Morgan fingerprint density at radius 2 is 0.931 bits per heavy atom. The number of aliphatic hydroxyl groups is 1. The zero-order valence-corrected chi connectivity index (χ0v) is 22.5. The van der Waals surface area contributed by atoms with Crippen molar-refractivity contribution in [3.63, 3.8) is 0 Å². The summed E-state index contributed by atoms with van der Waals surface area (Å²) in [4.78, 5) is 0. The van der Waals surface area contributed by atoms with Crippen molar-refractivity contribution >= 4 is 10.1 Å². The molecule has 0 heterocycles. The molecule has 6 heteroatoms. The van der Waals surface area contributed by atoms with E-state index in [1.807, 2.05) is 0 Å². The van der Waals surface area contributed by atoms with Gasteiger partial charge in [0.1, 0.15) is 0 Å². The van der Waals surface area contributed by atoms with Crippen molar-refractivity contribution in [3.8, 4) is 0 Å². The fraction of sp³-hybridized carbons (Fsp3) is 1.00. The minimum atomic E-state index is -4.18. The minimum Gasteiger partial charge on any atom is -0.748 e. The molecule has 170 valence electrons. The van der Waals surface area contributed by atoms with Crippen molar-refractivity contribution in [2.75, 3.05) is 0 Å². The summed E-state index contributed by atoms with van der Waals surface area (Å²) in [6.07, 6.45) is 19.1. The number of hydrogen-bond acceptors (Lipinski definition) is 4. The zero-order chi connectivity index (χ0) is 21.1. The first-order valence-electron chi connectivity index (χ1n) is 12.0. The van der Waals surface area contributed by atoms with E-state index < -0.39 is 15.4 Å². The molecule has 2 atom stereocenters. The third-order valence-electron chi connectivity index (χ3n) is 5.74. The summed E-state index contributed by atoms with van der Waals surface area (Å²) in [7, 11) is -4.18. The van der Waals surface area contributed by atoms with Crippen LogP contribution in [0.4, 0.5) is 0 Å². The summed E-state index contributed by atoms with van der Waals surface area (Å²) >= 11 is 0. The molecular formula is C23H47NaO4S. The molecule has 0 aromatic carbocycles. The normalized spacial score (nSPS) is 13.8. The van der Waals surface area contributed by atoms with Crippen LogP contribution in [-0.2, 0) is 10.1 Å². The standard InChI is InChI=1S/C23H48O4S.Na/c1-3-5-7-8-9-10-11-16-20-23(28(25,26)27)21-17-13-12-15-19-22(24)18-14-6-4-2;/h22-24H,3-21H2,1-2H3,(H,25,26,27);/q;+1/p-1. The van der Waals surface area contributed by atoms with E-state index in [4.69, 9.17) is 0 Å². The summed E-state index contributed by atoms with van der Waals surface area (Å²) in [5.74, 6) is 0. The van der Waals surface area contributed by atoms with Crippen LogP contribution >= 0.6 is 0 Å². The van der Waals surface area contributed by atoms with E-state index >= 15 is 0 Å². The second kappa shape index (κ2) is 22.1. The van der Waals surface area contributed by atoms with E-state index in [9.17, 15) is 18.1 Å². The summed E-state index contributed by atoms with van der Waals surface area (Å²) in [5, 5.41) is 9.21. The first kappa shape index (κ1) is 32.1. The van der Waals surface area contributed by atoms with E-state index in [1.165, 1.54) is 44.9 Å². The average Bonchev–Trinajstić information content (AvgIpc) is 2.64. The molecule has 0 amide bonds. The van der Waals surface area contributed by atoms with Crippen LogP contribution < -0.4 is 29.6 Å². The molecular weight excluding hydrogens is 395 g/mol. The van der Waals surface area contributed by atoms with Gasteiger partial charge in [-0.3, -0.25) is 0 Å². The Hall–Kier alpha value is 0.870. The molecule has 0 bridgehead atoms. The summed E-state index contributed by atoms with van der Waals surface area (Å²) in [6, 6.07) is 0. The van der Waals surface area contributed by atoms with E-state index in [1.54, 1.807) is 0 Å². The van der Waals surface area contributed by atoms with Gasteiger partial charge in [0.15, 0.2) is 0 Å². The van der Waals surface area contributed by atoms with Gasteiger partial charge in [-0.15, -0.1) is 0 Å². The molecule has 0 rings (SSSR count). The van der Waals surface area contributed by atoms with E-state index in [-0.39, 0.29) is 35.7 Å². The molecule has 0 aliphatic heterocycles. The summed E-state index contributed by atoms with van der Waals surface area (Å²) < 4.78 is 34.5. The first-order valence-corrected chi connectivity index (χ1v) is 13.5. The largest absolute Gasteiger partial charge is 1.00 e. The average molecular weight is 443 g/mol. The molecule has 0 spiro atoms. The molecule has 2 unspecified atom stereocenters. The second-order valence-corrected chi connectivity index (χ2v) is 10.2. The van der Waals surface area contributed by atoms with Crippen molar-refractivity contribution < 1.29 is 47.6 Å². The van der Waals surface area contributed by atoms with Gasteiger partial charge in [0.25, 0.3) is 0 Å². The van der Waals surface area contributed by atoms with E-state index in [0.717, 1.165) is 64.2 Å². The van der Waals surface area contributed by atoms with Crippen molar-refractivity contribution in [2.24, 2.45) is 0 Å². The van der Waals surface area contributed by atoms with Gasteiger partial charge >= 0.3 is 29.6 Å². The van der Waals surface area contributed by atoms with Crippen LogP contribution in [-0.4, -0.2) is 29.4 Å². The smallest absolute Gasteiger partial charge is 0.748 e. The molecule has 0 aliphatic carbocycles. The molecule has 0 saturated heterocycles. The predicted octanol–water partition coefficient (Wildman–Crippen LogP) is 3.72. The third-order valence-corrected chi connectivity index (χ3v) is 7.03. The molecule has 0 aromatic heterocycles. The van der Waals surface area contributed by atoms with Crippen LogP contribution in [0, 0.1) is 0 Å². The SMILES string of the molecule is CCCCCCCCCCC(CCCCCCC(O)CCCCC)S(=O)(=O)[O-].[Na+]. The molecule has 0 saturated carbocycles. The van der Waals surface area contributed by atoms with Gasteiger partial charge in [0.05, 0.1) is 16.2 Å². The van der Waals surface area contributed by atoms with Gasteiger partial charge in [-0.1, -0.05) is 110 Å². The van der Waals surface area contributed by atoms with E-state index in [0.29, 0.717) is 12.8 Å². The van der Waals surface area contributed by atoms with E-state index in [2.05, 4.69) is 13.8 Å². The van der Waals surface area contributed by atoms with Gasteiger partial charge in [0.2, 0.25) is 0 Å². The van der Waals surface area contributed by atoms with Gasteiger partial charge in [0, 0.05) is 5.25 Å². The van der Waals surface area contributed by atoms with Crippen molar-refractivity contribution in [3.05, 3.63) is 0 Å². The molecule has 1 N–H and O–H groups in total. The Bertz CT molecular complexity index is 429. The summed E-state index contributed by atoms with van der Waals surface area (Å²) in [6.45, 7) is 4.37. The number of rotatable bonds is 21. The molecule has 0 fully saturated rings. The Labute approximate surface area is 204 Å². The third kappa shape index (κ3) is 21.9. The number of aliphatic hydroxyl groups excluding tert-OH is 1. The van der Waals surface area contributed by atoms with Gasteiger partial charge in [-0.05, 0) is 25.7 Å². The fourth-order valence-corrected chi connectivity index (χ4v) is 4.73. The monoisotopic (exact) mass is 442 g/mol. The quantitative estimate of drug-likeness (QED) is 0.167. The van der Waals surface area contributed by atoms with Crippen LogP contribution in [0.25, 0.3) is 0 Å². The first-order chi connectivity index (χ1) is 13.4. The molecule has 0 aromatic rings. The van der Waals surface area contributed by atoms with Crippen LogP contribution in [0.5, 0.6) is 0 Å². The van der Waals surface area contributed by atoms with Crippen LogP contribution in [0.1, 0.15) is 136 Å². The summed E-state index contributed by atoms with van der Waals surface area (Å²) in [5.41, 5.74) is 0. The Morgan fingerprint density at radius 1 is 0.621 bits per heavy atom. The van der Waals surface area contributed by atoms with Gasteiger partial charge in [-0.25, -0.2) is 8.42 Å². The van der Waals surface area contributed by atoms with Crippen LogP contribution in [0.3, 0.4) is 0 Å². The Morgan fingerprint density at radius 3 is 1.34 bits per heavy atom. The maximum absolute atomic E-state index is 11.5. The second-order valence-electron chi connectivity index (χ2n) is 8.52. The van der Waals surface area contributed by atoms with Gasteiger partial charge < -0.3 is 9.66 Å². The van der Waals surface area contributed by atoms with Crippen LogP contribution in [0.2, 0.25) is 0 Å². The molecule has 0 radical (unpaired) electrons. The number of hydrogen-bond donors (Lipinski definition) is 1. The topological polar surface area (TPSA) is 77.4 Å². The predicted molar refractivity (Wildman–Crippen MR) is 119 cm³/mol. The maximum Gasteiger partial charge on any atom is 1.00 e. The van der Waals surface area contributed by atoms with Crippen molar-refractivity contribution in [1.29, 1.82) is 0 Å². The fourth-order valence-electron chi connectivity index (χ4n) is 3.82.